The number of ether oxygens (including phenoxy) is 4. The smallest absolute Gasteiger partial charge is 0.303 e. The number of rotatable bonds is 6. The maximum Gasteiger partial charge on any atom is 0.303 e. The fourth-order valence-corrected chi connectivity index (χ4v) is 4.58. The molecule has 4 atom stereocenters. The summed E-state index contributed by atoms with van der Waals surface area (Å²) in [5.41, 5.74) is -0.459. The van der Waals surface area contributed by atoms with E-state index in [4.69, 9.17) is 30.5 Å². The van der Waals surface area contributed by atoms with Gasteiger partial charge in [0.25, 0.3) is 0 Å². The summed E-state index contributed by atoms with van der Waals surface area (Å²) in [5.74, 6) is -2.25. The molecule has 176 valence electrons. The van der Waals surface area contributed by atoms with Gasteiger partial charge in [0, 0.05) is 32.7 Å². The highest BCUT2D eigenvalue weighted by Gasteiger charge is 2.47. The first-order valence-electron chi connectivity index (χ1n) is 9.73. The molecule has 0 radical (unpaired) electrons. The van der Waals surface area contributed by atoms with Crippen molar-refractivity contribution in [1.82, 2.24) is 9.97 Å². The Kier molecular flexibility index (Phi) is 8.09. The molecule has 12 heteroatoms. The molecule has 1 fully saturated rings. The normalized spacial score (nSPS) is 22.2. The number of carbonyl (C=O) groups is 3. The molecule has 0 aliphatic carbocycles. The first kappa shape index (κ1) is 24.7. The molecule has 3 rings (SSSR count). The average molecular weight is 499 g/mol. The van der Waals surface area contributed by atoms with Crippen molar-refractivity contribution in [2.45, 2.75) is 44.5 Å². The molecule has 3 heterocycles. The van der Waals surface area contributed by atoms with E-state index in [9.17, 15) is 18.8 Å². The monoisotopic (exact) mass is 498 g/mol. The lowest BCUT2D eigenvalue weighted by atomic mass is 10.1. The van der Waals surface area contributed by atoms with Gasteiger partial charge in [-0.1, -0.05) is 11.6 Å². The van der Waals surface area contributed by atoms with Gasteiger partial charge in [-0.05, 0) is 24.3 Å². The molecule has 0 amide bonds. The van der Waals surface area contributed by atoms with Gasteiger partial charge in [-0.3, -0.25) is 14.4 Å². The van der Waals surface area contributed by atoms with E-state index >= 15 is 0 Å². The largest absolute Gasteiger partial charge is 0.472 e. The highest BCUT2D eigenvalue weighted by molar-refractivity contribution is 7.99. The molecule has 1 aliphatic rings. The van der Waals surface area contributed by atoms with Gasteiger partial charge >= 0.3 is 17.9 Å². The number of pyridine rings is 2. The standard InChI is InChI=1S/C21H20ClFN2O7S/c1-10(26)29-16-9-33-21(18(31-12(3)28)17(16)30-11(2)27)32-15-7-6-14(25-19(15)22)13-5-4-8-24-20(13)23/h4-8,16-18,21H,9H2,1-3H3/t16-,17+,18-,21-/m1/s1. The van der Waals surface area contributed by atoms with Crippen molar-refractivity contribution < 1.29 is 37.7 Å². The zero-order valence-electron chi connectivity index (χ0n) is 17.8. The first-order valence-corrected chi connectivity index (χ1v) is 11.2. The Hall–Kier alpha value is -2.92. The van der Waals surface area contributed by atoms with E-state index in [-0.39, 0.29) is 27.9 Å². The van der Waals surface area contributed by atoms with E-state index in [1.807, 2.05) is 0 Å². The third-order valence-electron chi connectivity index (χ3n) is 4.40. The number of nitrogens with zero attached hydrogens (tertiary/aromatic N) is 2. The van der Waals surface area contributed by atoms with Crippen LogP contribution in [0.5, 0.6) is 5.75 Å². The van der Waals surface area contributed by atoms with Crippen LogP contribution in [0, 0.1) is 5.95 Å². The molecule has 1 saturated heterocycles. The number of thioether (sulfide) groups is 1. The Morgan fingerprint density at radius 1 is 1.03 bits per heavy atom. The van der Waals surface area contributed by atoms with Crippen molar-refractivity contribution in [3.8, 4) is 17.0 Å². The molecule has 33 heavy (non-hydrogen) atoms. The van der Waals surface area contributed by atoms with E-state index in [0.29, 0.717) is 0 Å². The summed E-state index contributed by atoms with van der Waals surface area (Å²) in [4.78, 5) is 42.7. The van der Waals surface area contributed by atoms with E-state index in [1.165, 1.54) is 56.9 Å². The number of esters is 3. The molecular weight excluding hydrogens is 479 g/mol. The molecular formula is C21H20ClFN2O7S. The van der Waals surface area contributed by atoms with Crippen LogP contribution in [0.1, 0.15) is 20.8 Å². The summed E-state index contributed by atoms with van der Waals surface area (Å²) in [6.07, 6.45) is -1.75. The van der Waals surface area contributed by atoms with Gasteiger partial charge in [0.1, 0.15) is 0 Å². The Morgan fingerprint density at radius 2 is 1.70 bits per heavy atom. The van der Waals surface area contributed by atoms with E-state index in [1.54, 1.807) is 6.07 Å². The van der Waals surface area contributed by atoms with Crippen molar-refractivity contribution in [3.63, 3.8) is 0 Å². The lowest BCUT2D eigenvalue weighted by Crippen LogP contribution is -2.55. The van der Waals surface area contributed by atoms with Crippen LogP contribution >= 0.6 is 23.4 Å². The summed E-state index contributed by atoms with van der Waals surface area (Å²) < 4.78 is 35.9. The van der Waals surface area contributed by atoms with Gasteiger partial charge in [0.15, 0.2) is 34.7 Å². The quantitative estimate of drug-likeness (QED) is 0.334. The van der Waals surface area contributed by atoms with Crippen molar-refractivity contribution in [3.05, 3.63) is 41.6 Å². The highest BCUT2D eigenvalue weighted by Crippen LogP contribution is 2.36. The minimum Gasteiger partial charge on any atom is -0.472 e. The van der Waals surface area contributed by atoms with Crippen LogP contribution in [0.15, 0.2) is 30.5 Å². The summed E-state index contributed by atoms with van der Waals surface area (Å²) in [6.45, 7) is 3.59. The van der Waals surface area contributed by atoms with E-state index < -0.39 is 47.6 Å². The molecule has 2 aromatic heterocycles. The summed E-state index contributed by atoms with van der Waals surface area (Å²) in [6, 6.07) is 6.06. The van der Waals surface area contributed by atoms with Crippen molar-refractivity contribution >= 4 is 41.3 Å². The lowest BCUT2D eigenvalue weighted by Gasteiger charge is -2.39. The maximum absolute atomic E-state index is 14.0. The highest BCUT2D eigenvalue weighted by atomic mass is 35.5. The minimum absolute atomic E-state index is 0.0657. The number of carbonyl (C=O) groups excluding carboxylic acids is 3. The number of aromatic nitrogens is 2. The van der Waals surface area contributed by atoms with Crippen molar-refractivity contribution in [2.24, 2.45) is 0 Å². The summed E-state index contributed by atoms with van der Waals surface area (Å²) in [7, 11) is 0. The van der Waals surface area contributed by atoms with E-state index in [0.717, 1.165) is 0 Å². The molecule has 0 saturated carbocycles. The lowest BCUT2D eigenvalue weighted by molar-refractivity contribution is -0.186. The SMILES string of the molecule is CC(=O)O[C@@H]1[C@@H](OC(C)=O)[C@H](OC(C)=O)CS[C@H]1Oc1ccc(-c2cccnc2F)nc1Cl. The van der Waals surface area contributed by atoms with Crippen LogP contribution in [0.4, 0.5) is 4.39 Å². The zero-order chi connectivity index (χ0) is 24.1. The van der Waals surface area contributed by atoms with Crippen molar-refractivity contribution in [2.75, 3.05) is 5.75 Å². The summed E-state index contributed by atoms with van der Waals surface area (Å²) >= 11 is 7.45. The Morgan fingerprint density at radius 3 is 2.30 bits per heavy atom. The minimum atomic E-state index is -1.11. The zero-order valence-corrected chi connectivity index (χ0v) is 19.4. The van der Waals surface area contributed by atoms with Gasteiger partial charge in [0.05, 0.1) is 11.3 Å². The Labute approximate surface area is 197 Å². The summed E-state index contributed by atoms with van der Waals surface area (Å²) in [5, 5.41) is -0.0657. The molecule has 2 aromatic rings. The second-order valence-electron chi connectivity index (χ2n) is 6.94. The van der Waals surface area contributed by atoms with Gasteiger partial charge in [-0.15, -0.1) is 11.8 Å². The molecule has 0 unspecified atom stereocenters. The Balaban J connectivity index is 1.87. The second kappa shape index (κ2) is 10.8. The van der Waals surface area contributed by atoms with Crippen LogP contribution in [-0.4, -0.2) is 57.4 Å². The van der Waals surface area contributed by atoms with Crippen LogP contribution < -0.4 is 4.74 Å². The Bertz CT molecular complexity index is 1060. The predicted octanol–water partition coefficient (Wildman–Crippen LogP) is 3.18. The van der Waals surface area contributed by atoms with Gasteiger partial charge < -0.3 is 18.9 Å². The van der Waals surface area contributed by atoms with Gasteiger partial charge in [0.2, 0.25) is 5.95 Å². The number of hydrogen-bond acceptors (Lipinski definition) is 10. The van der Waals surface area contributed by atoms with Crippen LogP contribution in [0.3, 0.4) is 0 Å². The predicted molar refractivity (Wildman–Crippen MR) is 116 cm³/mol. The molecule has 0 N–H and O–H groups in total. The van der Waals surface area contributed by atoms with E-state index in [2.05, 4.69) is 9.97 Å². The third-order valence-corrected chi connectivity index (χ3v) is 5.88. The number of hydrogen-bond donors (Lipinski definition) is 0. The van der Waals surface area contributed by atoms with Gasteiger partial charge in [-0.2, -0.15) is 4.39 Å². The fourth-order valence-electron chi connectivity index (χ4n) is 3.17. The maximum atomic E-state index is 14.0. The second-order valence-corrected chi connectivity index (χ2v) is 8.43. The average Bonchev–Trinajstić information content (AvgIpc) is 2.73. The third kappa shape index (κ3) is 6.32. The molecule has 1 aliphatic heterocycles. The number of halogens is 2. The molecule has 0 aromatic carbocycles. The molecule has 0 spiro atoms. The fraction of sp³-hybridized carbons (Fsp3) is 0.381. The van der Waals surface area contributed by atoms with Crippen molar-refractivity contribution in [1.29, 1.82) is 0 Å². The topological polar surface area (TPSA) is 114 Å². The first-order chi connectivity index (χ1) is 15.7. The molecule has 9 nitrogen and oxygen atoms in total. The van der Waals surface area contributed by atoms with Crippen LogP contribution in [-0.2, 0) is 28.6 Å². The van der Waals surface area contributed by atoms with Crippen LogP contribution in [0.25, 0.3) is 11.3 Å². The molecule has 0 bridgehead atoms. The van der Waals surface area contributed by atoms with Gasteiger partial charge in [-0.25, -0.2) is 9.97 Å². The van der Waals surface area contributed by atoms with Crippen LogP contribution in [0.2, 0.25) is 5.15 Å².